The first kappa shape index (κ1) is 14.9. The van der Waals surface area contributed by atoms with E-state index in [2.05, 4.69) is 5.16 Å². The lowest BCUT2D eigenvalue weighted by Gasteiger charge is -2.40. The predicted molar refractivity (Wildman–Crippen MR) is 78.0 cm³/mol. The number of carbonyl (C=O) groups excluding carboxylic acids is 1. The number of hydrogen-bond donors (Lipinski definition) is 1. The topological polar surface area (TPSA) is 63.3 Å². The van der Waals surface area contributed by atoms with E-state index in [4.69, 9.17) is 4.52 Å². The van der Waals surface area contributed by atoms with E-state index in [0.717, 1.165) is 5.56 Å². The molecular formula is C17H18FNO3. The van der Waals surface area contributed by atoms with Gasteiger partial charge in [-0.15, -0.1) is 0 Å². The van der Waals surface area contributed by atoms with Gasteiger partial charge in [0, 0.05) is 17.9 Å². The van der Waals surface area contributed by atoms with Gasteiger partial charge in [-0.3, -0.25) is 4.79 Å². The van der Waals surface area contributed by atoms with Crippen LogP contribution in [-0.2, 0) is 11.2 Å². The maximum absolute atomic E-state index is 14.4. The van der Waals surface area contributed by atoms with Gasteiger partial charge in [0.25, 0.3) is 0 Å². The number of nitrogens with zero attached hydrogens (tertiary/aromatic N) is 1. The third-order valence-electron chi connectivity index (χ3n) is 4.50. The highest BCUT2D eigenvalue weighted by Gasteiger charge is 2.49. The minimum atomic E-state index is -1.30. The number of aryl methyl sites for hydroxylation is 1. The molecule has 2 aromatic rings. The second-order valence-corrected chi connectivity index (χ2v) is 6.22. The number of fused-ring (bicyclic) bond motifs is 1. The maximum Gasteiger partial charge on any atom is 0.137 e. The smallest absolute Gasteiger partial charge is 0.137 e. The van der Waals surface area contributed by atoms with Crippen molar-refractivity contribution in [3.05, 3.63) is 52.7 Å². The first-order chi connectivity index (χ1) is 10.3. The average molecular weight is 303 g/mol. The van der Waals surface area contributed by atoms with E-state index in [1.165, 1.54) is 13.0 Å². The Morgan fingerprint density at radius 3 is 2.77 bits per heavy atom. The van der Waals surface area contributed by atoms with E-state index in [1.807, 2.05) is 0 Å². The fourth-order valence-corrected chi connectivity index (χ4v) is 3.66. The lowest BCUT2D eigenvalue weighted by atomic mass is 9.64. The van der Waals surface area contributed by atoms with E-state index in [0.29, 0.717) is 17.0 Å². The van der Waals surface area contributed by atoms with Crippen LogP contribution in [0.2, 0.25) is 0 Å². The van der Waals surface area contributed by atoms with Crippen molar-refractivity contribution in [1.29, 1.82) is 0 Å². The van der Waals surface area contributed by atoms with Gasteiger partial charge in [-0.2, -0.15) is 0 Å². The van der Waals surface area contributed by atoms with Crippen LogP contribution in [0.25, 0.3) is 0 Å². The normalized spacial score (nSPS) is 27.5. The molecule has 116 valence electrons. The highest BCUT2D eigenvalue weighted by Crippen LogP contribution is 2.47. The molecule has 0 spiro atoms. The Morgan fingerprint density at radius 1 is 1.45 bits per heavy atom. The van der Waals surface area contributed by atoms with Crippen LogP contribution >= 0.6 is 0 Å². The van der Waals surface area contributed by atoms with Crippen molar-refractivity contribution in [3.63, 3.8) is 0 Å². The third-order valence-corrected chi connectivity index (χ3v) is 4.50. The van der Waals surface area contributed by atoms with Crippen LogP contribution < -0.4 is 0 Å². The molecule has 4 nitrogen and oxygen atoms in total. The Kier molecular flexibility index (Phi) is 3.40. The maximum atomic E-state index is 14.4. The SMILES string of the molecule is CC(=O)C1C(c2ccccc2F)c2c(noc2C)CC1(C)O. The molecule has 22 heavy (non-hydrogen) atoms. The Balaban J connectivity index is 2.28. The highest BCUT2D eigenvalue weighted by molar-refractivity contribution is 5.82. The highest BCUT2D eigenvalue weighted by atomic mass is 19.1. The summed E-state index contributed by atoms with van der Waals surface area (Å²) in [5.74, 6) is -1.35. The van der Waals surface area contributed by atoms with Crippen molar-refractivity contribution < 1.29 is 18.8 Å². The van der Waals surface area contributed by atoms with E-state index in [-0.39, 0.29) is 12.2 Å². The Labute approximate surface area is 127 Å². The first-order valence-corrected chi connectivity index (χ1v) is 7.25. The van der Waals surface area contributed by atoms with Crippen LogP contribution in [0.1, 0.15) is 42.3 Å². The van der Waals surface area contributed by atoms with Crippen LogP contribution in [0.3, 0.4) is 0 Å². The Bertz CT molecular complexity index is 735. The Morgan fingerprint density at radius 2 is 2.14 bits per heavy atom. The van der Waals surface area contributed by atoms with Crippen LogP contribution in [-0.4, -0.2) is 21.6 Å². The fraction of sp³-hybridized carbons (Fsp3) is 0.412. The van der Waals surface area contributed by atoms with Gasteiger partial charge in [-0.05, 0) is 32.4 Å². The van der Waals surface area contributed by atoms with E-state index in [9.17, 15) is 14.3 Å². The van der Waals surface area contributed by atoms with Crippen molar-refractivity contribution in [1.82, 2.24) is 5.16 Å². The van der Waals surface area contributed by atoms with Gasteiger partial charge in [-0.1, -0.05) is 23.4 Å². The molecule has 0 aliphatic heterocycles. The molecule has 0 bridgehead atoms. The van der Waals surface area contributed by atoms with Crippen molar-refractivity contribution in [2.45, 2.75) is 38.7 Å². The summed E-state index contributed by atoms with van der Waals surface area (Å²) in [4.78, 5) is 12.2. The van der Waals surface area contributed by atoms with Gasteiger partial charge in [0.1, 0.15) is 17.4 Å². The molecule has 1 aliphatic rings. The van der Waals surface area contributed by atoms with Crippen molar-refractivity contribution in [2.75, 3.05) is 0 Å². The van der Waals surface area contributed by atoms with Crippen molar-refractivity contribution in [3.8, 4) is 0 Å². The number of Topliss-reactive ketones (excluding diaryl/α,β-unsaturated/α-hetero) is 1. The minimum Gasteiger partial charge on any atom is -0.389 e. The van der Waals surface area contributed by atoms with Crippen LogP contribution in [0.5, 0.6) is 0 Å². The monoisotopic (exact) mass is 303 g/mol. The van der Waals surface area contributed by atoms with Gasteiger partial charge in [0.2, 0.25) is 0 Å². The second-order valence-electron chi connectivity index (χ2n) is 6.22. The quantitative estimate of drug-likeness (QED) is 0.926. The molecule has 3 atom stereocenters. The second kappa shape index (κ2) is 5.02. The molecule has 5 heteroatoms. The predicted octanol–water partition coefficient (Wildman–Crippen LogP) is 2.77. The number of aromatic nitrogens is 1. The van der Waals surface area contributed by atoms with Gasteiger partial charge in [0.05, 0.1) is 17.2 Å². The van der Waals surface area contributed by atoms with Gasteiger partial charge in [-0.25, -0.2) is 4.39 Å². The van der Waals surface area contributed by atoms with E-state index >= 15 is 0 Å². The van der Waals surface area contributed by atoms with Crippen LogP contribution in [0.4, 0.5) is 4.39 Å². The summed E-state index contributed by atoms with van der Waals surface area (Å²) < 4.78 is 19.6. The molecule has 1 heterocycles. The largest absolute Gasteiger partial charge is 0.389 e. The molecule has 0 fully saturated rings. The molecule has 0 radical (unpaired) electrons. The van der Waals surface area contributed by atoms with Crippen LogP contribution in [0, 0.1) is 18.7 Å². The molecule has 3 rings (SSSR count). The summed E-state index contributed by atoms with van der Waals surface area (Å²) in [7, 11) is 0. The number of rotatable bonds is 2. The molecule has 0 amide bonds. The molecule has 1 aromatic carbocycles. The van der Waals surface area contributed by atoms with Gasteiger partial charge < -0.3 is 9.63 Å². The average Bonchev–Trinajstić information content (AvgIpc) is 2.77. The van der Waals surface area contributed by atoms with Crippen LogP contribution in [0.15, 0.2) is 28.8 Å². The number of hydrogen-bond acceptors (Lipinski definition) is 4. The van der Waals surface area contributed by atoms with Gasteiger partial charge in [0.15, 0.2) is 0 Å². The first-order valence-electron chi connectivity index (χ1n) is 7.25. The number of ketones is 1. The molecule has 0 saturated heterocycles. The molecule has 1 aromatic heterocycles. The van der Waals surface area contributed by atoms with Crippen molar-refractivity contribution >= 4 is 5.78 Å². The van der Waals surface area contributed by atoms with Gasteiger partial charge >= 0.3 is 0 Å². The molecule has 1 N–H and O–H groups in total. The summed E-state index contributed by atoms with van der Waals surface area (Å²) in [5.41, 5.74) is 0.398. The molecule has 3 unspecified atom stereocenters. The number of aliphatic hydroxyl groups is 1. The molecule has 0 saturated carbocycles. The van der Waals surface area contributed by atoms with E-state index in [1.54, 1.807) is 32.0 Å². The zero-order valence-electron chi connectivity index (χ0n) is 12.8. The zero-order valence-corrected chi connectivity index (χ0v) is 12.8. The zero-order chi connectivity index (χ0) is 16.1. The number of carbonyl (C=O) groups is 1. The lowest BCUT2D eigenvalue weighted by molar-refractivity contribution is -0.131. The summed E-state index contributed by atoms with van der Waals surface area (Å²) in [6.07, 6.45) is 0.217. The van der Waals surface area contributed by atoms with E-state index < -0.39 is 23.3 Å². The standard InChI is InChI=1S/C17H18FNO3/c1-9(20)16-15(11-6-4-5-7-12(11)18)14-10(2)22-19-13(14)8-17(16,3)21/h4-7,15-16,21H,8H2,1-3H3. The molecule has 1 aliphatic carbocycles. The summed E-state index contributed by atoms with van der Waals surface area (Å²) >= 11 is 0. The Hall–Kier alpha value is -2.01. The number of halogens is 1. The minimum absolute atomic E-state index is 0.176. The third kappa shape index (κ3) is 2.16. The molecular weight excluding hydrogens is 285 g/mol. The summed E-state index contributed by atoms with van der Waals surface area (Å²) in [5, 5.41) is 14.7. The summed E-state index contributed by atoms with van der Waals surface area (Å²) in [6, 6.07) is 6.33. The van der Waals surface area contributed by atoms with Crippen molar-refractivity contribution in [2.24, 2.45) is 5.92 Å². The fourth-order valence-electron chi connectivity index (χ4n) is 3.66. The lowest BCUT2D eigenvalue weighted by Crippen LogP contribution is -2.48. The summed E-state index contributed by atoms with van der Waals surface area (Å²) in [6.45, 7) is 4.78. The number of benzene rings is 1.